The third kappa shape index (κ3) is 47.1. The molecule has 0 saturated carbocycles. The maximum atomic E-state index is 13.4. The normalized spacial score (nSPS) is 14.1. The van der Waals surface area contributed by atoms with Crippen LogP contribution in [0.1, 0.15) is 252 Å². The number of allylic oxidation sites excluding steroid dienone is 5. The first-order chi connectivity index (χ1) is 31.4. The van der Waals surface area contributed by atoms with Gasteiger partial charge in [0.05, 0.1) is 33.8 Å². The summed E-state index contributed by atoms with van der Waals surface area (Å²) in [5.41, 5.74) is 0. The van der Waals surface area contributed by atoms with E-state index in [0.29, 0.717) is 17.4 Å². The highest BCUT2D eigenvalue weighted by atomic mass is 31.2. The zero-order chi connectivity index (χ0) is 48.0. The molecule has 0 spiro atoms. The van der Waals surface area contributed by atoms with Gasteiger partial charge in [0.2, 0.25) is 5.91 Å². The third-order valence-electron chi connectivity index (χ3n) is 12.1. The number of esters is 1. The van der Waals surface area contributed by atoms with Gasteiger partial charge in [-0.15, -0.1) is 0 Å². The number of carbonyl (C=O) groups excluding carboxylic acids is 2. The molecular formula is C55H105N2O7P. The molecule has 9 nitrogen and oxygen atoms in total. The van der Waals surface area contributed by atoms with Gasteiger partial charge in [-0.05, 0) is 57.4 Å². The van der Waals surface area contributed by atoms with Gasteiger partial charge in [0.1, 0.15) is 19.3 Å². The van der Waals surface area contributed by atoms with Crippen molar-refractivity contribution >= 4 is 19.7 Å². The zero-order valence-electron chi connectivity index (χ0n) is 43.4. The molecule has 10 heteroatoms. The minimum Gasteiger partial charge on any atom is -0.756 e. The second-order valence-corrected chi connectivity index (χ2v) is 21.2. The average molecular weight is 937 g/mol. The molecule has 0 aliphatic heterocycles. The van der Waals surface area contributed by atoms with Gasteiger partial charge >= 0.3 is 5.97 Å². The molecule has 0 bridgehead atoms. The molecule has 3 atom stereocenters. The summed E-state index contributed by atoms with van der Waals surface area (Å²) >= 11 is 0. The van der Waals surface area contributed by atoms with Crippen LogP contribution >= 0.6 is 7.82 Å². The van der Waals surface area contributed by atoms with Crippen molar-refractivity contribution in [3.05, 3.63) is 36.5 Å². The van der Waals surface area contributed by atoms with Gasteiger partial charge in [0.25, 0.3) is 7.82 Å². The van der Waals surface area contributed by atoms with Crippen LogP contribution in [-0.4, -0.2) is 69.4 Å². The minimum atomic E-state index is -4.69. The summed E-state index contributed by atoms with van der Waals surface area (Å²) < 4.78 is 30.1. The number of quaternary nitrogens is 1. The molecule has 0 rings (SSSR count). The lowest BCUT2D eigenvalue weighted by atomic mass is 10.0. The van der Waals surface area contributed by atoms with E-state index in [1.807, 2.05) is 33.3 Å². The summed E-state index contributed by atoms with van der Waals surface area (Å²) in [6.07, 6.45) is 52.4. The predicted octanol–water partition coefficient (Wildman–Crippen LogP) is 15.4. The maximum absolute atomic E-state index is 13.4. The molecule has 1 amide bonds. The Morgan fingerprint density at radius 3 is 1.38 bits per heavy atom. The van der Waals surface area contributed by atoms with E-state index < -0.39 is 20.0 Å². The van der Waals surface area contributed by atoms with Gasteiger partial charge in [-0.3, -0.25) is 14.2 Å². The van der Waals surface area contributed by atoms with E-state index in [2.05, 4.69) is 50.4 Å². The molecule has 1 N–H and O–H groups in total. The van der Waals surface area contributed by atoms with Gasteiger partial charge in [0, 0.05) is 12.8 Å². The first-order valence-electron chi connectivity index (χ1n) is 27.3. The van der Waals surface area contributed by atoms with Crippen molar-refractivity contribution in [3.63, 3.8) is 0 Å². The van der Waals surface area contributed by atoms with Crippen LogP contribution in [-0.2, 0) is 27.9 Å². The van der Waals surface area contributed by atoms with E-state index in [-0.39, 0.29) is 31.5 Å². The quantitative estimate of drug-likeness (QED) is 0.0161. The van der Waals surface area contributed by atoms with Crippen molar-refractivity contribution in [1.82, 2.24) is 5.32 Å². The standard InChI is InChI=1S/C55H105N2O7P/c1-7-10-13-16-19-22-25-27-28-30-33-36-39-42-45-48-55(59)64-53(46-43-40-37-34-32-29-26-23-20-17-14-11-8-2)52(51-63-65(60,61)62-50-49-57(4,5)6)56-54(58)47-44-41-38-35-31-24-21-18-15-12-9-3/h19,22,25,27,43,46,52-53H,7-18,20-21,23-24,26,28-42,44-45,47-51H2,1-6H3,(H-,56,58,60,61)/b22-19+,27-25+,46-43+. The molecular weight excluding hydrogens is 832 g/mol. The number of hydrogen-bond donors (Lipinski definition) is 1. The van der Waals surface area contributed by atoms with Crippen molar-refractivity contribution in [2.24, 2.45) is 0 Å². The van der Waals surface area contributed by atoms with Crippen molar-refractivity contribution in [2.45, 2.75) is 264 Å². The third-order valence-corrected chi connectivity index (χ3v) is 13.1. The van der Waals surface area contributed by atoms with E-state index in [0.717, 1.165) is 77.0 Å². The summed E-state index contributed by atoms with van der Waals surface area (Å²) in [5.74, 6) is -0.549. The molecule has 0 heterocycles. The molecule has 0 fully saturated rings. The summed E-state index contributed by atoms with van der Waals surface area (Å²) in [4.78, 5) is 39.7. The van der Waals surface area contributed by atoms with Gasteiger partial charge in [-0.25, -0.2) is 0 Å². The molecule has 0 saturated heterocycles. The lowest BCUT2D eigenvalue weighted by molar-refractivity contribution is -0.870. The predicted molar refractivity (Wildman–Crippen MR) is 275 cm³/mol. The Morgan fingerprint density at radius 2 is 0.923 bits per heavy atom. The van der Waals surface area contributed by atoms with Crippen molar-refractivity contribution in [2.75, 3.05) is 40.9 Å². The monoisotopic (exact) mass is 937 g/mol. The number of rotatable bonds is 49. The van der Waals surface area contributed by atoms with Crippen LogP contribution in [0.25, 0.3) is 0 Å². The summed E-state index contributed by atoms with van der Waals surface area (Å²) in [5, 5.41) is 3.01. The first-order valence-corrected chi connectivity index (χ1v) is 28.8. The van der Waals surface area contributed by atoms with Crippen molar-refractivity contribution in [1.29, 1.82) is 0 Å². The smallest absolute Gasteiger partial charge is 0.306 e. The van der Waals surface area contributed by atoms with E-state index in [1.165, 1.54) is 141 Å². The van der Waals surface area contributed by atoms with Crippen LogP contribution in [0.5, 0.6) is 0 Å². The number of hydrogen-bond acceptors (Lipinski definition) is 7. The second kappa shape index (κ2) is 46.0. The van der Waals surface area contributed by atoms with Crippen LogP contribution in [0.4, 0.5) is 0 Å². The van der Waals surface area contributed by atoms with Crippen LogP contribution in [0.2, 0.25) is 0 Å². The minimum absolute atomic E-state index is 0.0225. The number of unbranched alkanes of at least 4 members (excludes halogenated alkanes) is 30. The maximum Gasteiger partial charge on any atom is 0.306 e. The number of nitrogens with zero attached hydrogens (tertiary/aromatic N) is 1. The second-order valence-electron chi connectivity index (χ2n) is 19.8. The Hall–Kier alpha value is -1.77. The molecule has 0 radical (unpaired) electrons. The Morgan fingerprint density at radius 1 is 0.538 bits per heavy atom. The van der Waals surface area contributed by atoms with E-state index >= 15 is 0 Å². The molecule has 0 aliphatic rings. The van der Waals surface area contributed by atoms with Gasteiger partial charge in [0.15, 0.2) is 0 Å². The van der Waals surface area contributed by atoms with E-state index in [4.69, 9.17) is 13.8 Å². The van der Waals surface area contributed by atoms with Gasteiger partial charge < -0.3 is 28.5 Å². The Balaban J connectivity index is 5.42. The van der Waals surface area contributed by atoms with Gasteiger partial charge in [-0.2, -0.15) is 0 Å². The molecule has 382 valence electrons. The molecule has 3 unspecified atom stereocenters. The first kappa shape index (κ1) is 63.2. The zero-order valence-corrected chi connectivity index (χ0v) is 44.3. The van der Waals surface area contributed by atoms with Crippen molar-refractivity contribution < 1.29 is 37.3 Å². The number of ether oxygens (including phenoxy) is 1. The molecule has 0 aliphatic carbocycles. The summed E-state index contributed by atoms with van der Waals surface area (Å²) in [6.45, 7) is 6.80. The van der Waals surface area contributed by atoms with E-state index in [9.17, 15) is 19.0 Å². The average Bonchev–Trinajstić information content (AvgIpc) is 3.26. The Bertz CT molecular complexity index is 1220. The number of likely N-dealkylation sites (N-methyl/N-ethyl adjacent to an activating group) is 1. The number of phosphoric ester groups is 1. The summed E-state index contributed by atoms with van der Waals surface area (Å²) in [7, 11) is 1.18. The Kier molecular flexibility index (Phi) is 44.7. The number of amides is 1. The summed E-state index contributed by atoms with van der Waals surface area (Å²) in [6, 6.07) is -0.886. The topological polar surface area (TPSA) is 114 Å². The van der Waals surface area contributed by atoms with Gasteiger partial charge in [-0.1, -0.05) is 218 Å². The lowest BCUT2D eigenvalue weighted by Gasteiger charge is -2.30. The SMILES string of the molecule is CCCCC/C=C/C=C/CCCCCCCCC(=O)OC(/C=C/CCCCCCCCCCCCC)C(COP(=O)([O-])OCC[N+](C)(C)C)NC(=O)CCCCCCCCCCCCC. The van der Waals surface area contributed by atoms with Crippen molar-refractivity contribution in [3.8, 4) is 0 Å². The molecule has 0 aromatic heterocycles. The Labute approximate surface area is 402 Å². The molecule has 0 aromatic rings. The lowest BCUT2D eigenvalue weighted by Crippen LogP contribution is -2.47. The number of nitrogens with one attached hydrogen (secondary N) is 1. The highest BCUT2D eigenvalue weighted by Gasteiger charge is 2.27. The van der Waals surface area contributed by atoms with Crippen LogP contribution in [0, 0.1) is 0 Å². The molecule has 0 aromatic carbocycles. The highest BCUT2D eigenvalue weighted by molar-refractivity contribution is 7.45. The fourth-order valence-corrected chi connectivity index (χ4v) is 8.53. The highest BCUT2D eigenvalue weighted by Crippen LogP contribution is 2.38. The number of phosphoric acid groups is 1. The van der Waals surface area contributed by atoms with Crippen LogP contribution in [0.3, 0.4) is 0 Å². The van der Waals surface area contributed by atoms with Crippen LogP contribution in [0.15, 0.2) is 36.5 Å². The largest absolute Gasteiger partial charge is 0.756 e. The van der Waals surface area contributed by atoms with E-state index in [1.54, 1.807) is 0 Å². The van der Waals surface area contributed by atoms with Crippen LogP contribution < -0.4 is 10.2 Å². The number of carbonyl (C=O) groups is 2. The fraction of sp³-hybridized carbons (Fsp3) is 0.855. The fourth-order valence-electron chi connectivity index (χ4n) is 7.81. The molecule has 65 heavy (non-hydrogen) atoms.